The third-order valence-corrected chi connectivity index (χ3v) is 9.11. The van der Waals surface area contributed by atoms with Crippen LogP contribution in [0.15, 0.2) is 89.0 Å². The van der Waals surface area contributed by atoms with E-state index in [9.17, 15) is 41.2 Å². The van der Waals surface area contributed by atoms with Crippen molar-refractivity contribution < 1.29 is 50.5 Å². The first-order chi connectivity index (χ1) is 24.0. The van der Waals surface area contributed by atoms with Gasteiger partial charge >= 0.3 is 12.3 Å². The smallest absolute Gasteiger partial charge is 0.435 e. The molecular formula is C32H30F3N7O8S. The number of ether oxygens (including phenoxy) is 1. The Morgan fingerprint density at radius 2 is 1.61 bits per heavy atom. The first kappa shape index (κ1) is 36.3. The minimum Gasteiger partial charge on any atom is -0.569 e. The van der Waals surface area contributed by atoms with Gasteiger partial charge in [0.2, 0.25) is 11.5 Å². The van der Waals surface area contributed by atoms with Crippen LogP contribution in [0.3, 0.4) is 0 Å². The molecule has 1 unspecified atom stereocenters. The summed E-state index contributed by atoms with van der Waals surface area (Å²) in [6, 6.07) is 17.5. The Morgan fingerprint density at radius 1 is 1.02 bits per heavy atom. The van der Waals surface area contributed by atoms with Crippen LogP contribution in [0.2, 0.25) is 0 Å². The molecule has 1 aliphatic rings. The third kappa shape index (κ3) is 7.77. The van der Waals surface area contributed by atoms with Crippen molar-refractivity contribution in [2.45, 2.75) is 44.1 Å². The molecule has 5 rings (SSSR count). The molecule has 0 fully saturated rings. The summed E-state index contributed by atoms with van der Waals surface area (Å²) in [6.45, 7) is 4.11. The largest absolute Gasteiger partial charge is 0.569 e. The van der Waals surface area contributed by atoms with Gasteiger partial charge in [-0.1, -0.05) is 42.0 Å². The maximum atomic E-state index is 13.5. The van der Waals surface area contributed by atoms with Gasteiger partial charge in [0.1, 0.15) is 12.6 Å². The molecule has 0 bridgehead atoms. The summed E-state index contributed by atoms with van der Waals surface area (Å²) in [5, 5.41) is 20.5. The zero-order valence-electron chi connectivity index (χ0n) is 27.4. The summed E-state index contributed by atoms with van der Waals surface area (Å²) >= 11 is 0. The number of hydrazine groups is 1. The number of halogens is 3. The van der Waals surface area contributed by atoms with E-state index in [0.29, 0.717) is 5.56 Å². The van der Waals surface area contributed by atoms with Crippen molar-refractivity contribution in [1.82, 2.24) is 24.4 Å². The number of sulfonamides is 1. The van der Waals surface area contributed by atoms with Crippen LogP contribution < -0.4 is 4.72 Å². The van der Waals surface area contributed by atoms with Crippen LogP contribution in [0, 0.1) is 12.1 Å². The zero-order chi connectivity index (χ0) is 37.2. The summed E-state index contributed by atoms with van der Waals surface area (Å²) in [5.74, 6) is -1.24. The molecule has 0 aliphatic carbocycles. The van der Waals surface area contributed by atoms with Gasteiger partial charge < -0.3 is 14.8 Å². The predicted molar refractivity (Wildman–Crippen MR) is 171 cm³/mol. The highest BCUT2D eigenvalue weighted by molar-refractivity contribution is 7.90. The van der Waals surface area contributed by atoms with Gasteiger partial charge in [-0.25, -0.2) is 27.5 Å². The summed E-state index contributed by atoms with van der Waals surface area (Å²) in [7, 11) is -3.24. The average Bonchev–Trinajstić information content (AvgIpc) is 3.65. The molecule has 3 aromatic carbocycles. The quantitative estimate of drug-likeness (QED) is 0.0951. The number of rotatable bonds is 11. The van der Waals surface area contributed by atoms with E-state index in [4.69, 9.17) is 9.57 Å². The number of carbonyl (C=O) groups is 3. The van der Waals surface area contributed by atoms with E-state index in [-0.39, 0.29) is 27.5 Å². The standard InChI is InChI=1S/C32H30F3N7O8S/c1-19-9-11-22(12-10-19)27-17-28(32(33,34)35)36-41(27)23-13-15-24(16-14-23)51(47,48)37-31(45)49-18-20(2)39(4)42(46)38-50-21(3)40-29(43)25-7-5-6-8-26(25)30(40)44/h5-17,20-21H,18H2,1-4H3,(H,37,45)/t20-,21?/m0/s1. The number of benzene rings is 3. The molecule has 19 heteroatoms. The fourth-order valence-electron chi connectivity index (χ4n) is 4.84. The highest BCUT2D eigenvalue weighted by Crippen LogP contribution is 2.33. The first-order valence-corrected chi connectivity index (χ1v) is 16.5. The number of fused-ring (bicyclic) bond motifs is 1. The lowest BCUT2D eigenvalue weighted by molar-refractivity contribution is -0.713. The molecule has 0 spiro atoms. The summed E-state index contributed by atoms with van der Waals surface area (Å²) in [5.41, 5.74) is 0.799. The molecule has 0 saturated heterocycles. The molecule has 1 aromatic heterocycles. The van der Waals surface area contributed by atoms with Gasteiger partial charge in [0.25, 0.3) is 21.8 Å². The lowest BCUT2D eigenvalue weighted by Crippen LogP contribution is -2.41. The van der Waals surface area contributed by atoms with Crippen LogP contribution in [0.5, 0.6) is 0 Å². The van der Waals surface area contributed by atoms with Crippen molar-refractivity contribution in [2.75, 3.05) is 13.7 Å². The van der Waals surface area contributed by atoms with Crippen molar-refractivity contribution in [1.29, 1.82) is 0 Å². The Labute approximate surface area is 289 Å². The number of nitrogens with zero attached hydrogens (tertiary/aromatic N) is 6. The third-order valence-electron chi connectivity index (χ3n) is 7.78. The number of likely N-dealkylation sites (N-methyl/N-ethyl adjacent to an activating group) is 1. The minimum absolute atomic E-state index is 0.0135. The molecule has 268 valence electrons. The number of aromatic nitrogens is 2. The van der Waals surface area contributed by atoms with E-state index in [2.05, 4.69) is 10.4 Å². The van der Waals surface area contributed by atoms with Crippen LogP contribution in [0.1, 0.15) is 45.8 Å². The molecule has 0 radical (unpaired) electrons. The molecule has 1 aliphatic heterocycles. The Balaban J connectivity index is 1.18. The Hall–Kier alpha value is -5.98. The lowest BCUT2D eigenvalue weighted by Gasteiger charge is -2.22. The average molecular weight is 730 g/mol. The van der Waals surface area contributed by atoms with Gasteiger partial charge in [-0.15, -0.1) is 5.01 Å². The van der Waals surface area contributed by atoms with Gasteiger partial charge in [0.05, 0.1) is 39.4 Å². The number of hydrogen-bond donors (Lipinski definition) is 1. The number of amides is 3. The molecule has 3 amide bonds. The lowest BCUT2D eigenvalue weighted by atomic mass is 10.1. The van der Waals surface area contributed by atoms with Gasteiger partial charge in [-0.05, 0) is 63.2 Å². The number of aryl methyl sites for hydroxylation is 1. The van der Waals surface area contributed by atoms with Crippen molar-refractivity contribution in [3.05, 3.63) is 106 Å². The summed E-state index contributed by atoms with van der Waals surface area (Å²) < 4.78 is 74.1. The van der Waals surface area contributed by atoms with E-state index in [1.165, 1.54) is 45.2 Å². The molecule has 15 nitrogen and oxygen atoms in total. The molecule has 1 N–H and O–H groups in total. The highest BCUT2D eigenvalue weighted by atomic mass is 32.2. The fourth-order valence-corrected chi connectivity index (χ4v) is 5.73. The Kier molecular flexibility index (Phi) is 10.0. The van der Waals surface area contributed by atoms with Crippen LogP contribution in [0.4, 0.5) is 18.0 Å². The van der Waals surface area contributed by atoms with E-state index in [0.717, 1.165) is 38.4 Å². The van der Waals surface area contributed by atoms with E-state index in [1.54, 1.807) is 41.1 Å². The van der Waals surface area contributed by atoms with Crippen molar-refractivity contribution >= 4 is 27.9 Å². The second-order valence-corrected chi connectivity index (χ2v) is 13.1. The predicted octanol–water partition coefficient (Wildman–Crippen LogP) is 5.05. The number of imide groups is 1. The number of carbonyl (C=O) groups excluding carboxylic acids is 3. The topological polar surface area (TPSA) is 179 Å². The minimum atomic E-state index is -4.73. The van der Waals surface area contributed by atoms with Crippen LogP contribution in [-0.2, 0) is 25.8 Å². The Bertz CT molecular complexity index is 2070. The van der Waals surface area contributed by atoms with Crippen LogP contribution in [0.25, 0.3) is 16.9 Å². The number of hydrogen-bond acceptors (Lipinski definition) is 10. The molecule has 2 atom stereocenters. The summed E-state index contributed by atoms with van der Waals surface area (Å²) in [6.07, 6.45) is -7.36. The van der Waals surface area contributed by atoms with E-state index >= 15 is 0 Å². The van der Waals surface area contributed by atoms with Crippen molar-refractivity contribution in [3.63, 3.8) is 0 Å². The molecule has 51 heavy (non-hydrogen) atoms. The van der Waals surface area contributed by atoms with Crippen molar-refractivity contribution in [2.24, 2.45) is 5.28 Å². The highest BCUT2D eigenvalue weighted by Gasteiger charge is 2.40. The number of alkyl halides is 3. The zero-order valence-corrected chi connectivity index (χ0v) is 28.2. The second kappa shape index (κ2) is 14.1. The van der Waals surface area contributed by atoms with Crippen LogP contribution in [-0.4, -0.2) is 76.9 Å². The molecular weight excluding hydrogens is 699 g/mol. The Morgan fingerprint density at radius 3 is 2.18 bits per heavy atom. The molecule has 0 saturated carbocycles. The van der Waals surface area contributed by atoms with Crippen LogP contribution >= 0.6 is 0 Å². The van der Waals surface area contributed by atoms with Gasteiger partial charge in [-0.3, -0.25) is 9.59 Å². The van der Waals surface area contributed by atoms with Crippen molar-refractivity contribution in [3.8, 4) is 16.9 Å². The molecule has 4 aromatic rings. The van der Waals surface area contributed by atoms with Gasteiger partial charge in [-0.2, -0.15) is 18.3 Å². The number of nitrogens with one attached hydrogen (secondary N) is 1. The fraction of sp³-hybridized carbons (Fsp3) is 0.250. The molecule has 2 heterocycles. The maximum Gasteiger partial charge on any atom is 0.435 e. The second-order valence-electron chi connectivity index (χ2n) is 11.4. The summed E-state index contributed by atoms with van der Waals surface area (Å²) in [4.78, 5) is 43.1. The van der Waals surface area contributed by atoms with Gasteiger partial charge in [0, 0.05) is 5.56 Å². The normalized spacial score (nSPS) is 14.6. The maximum absolute atomic E-state index is 13.5. The van der Waals surface area contributed by atoms with E-state index < -0.39 is 63.6 Å². The van der Waals surface area contributed by atoms with Gasteiger partial charge in [0.15, 0.2) is 5.69 Å². The monoisotopic (exact) mass is 729 g/mol. The first-order valence-electron chi connectivity index (χ1n) is 15.1. The van der Waals surface area contributed by atoms with E-state index in [1.807, 2.05) is 6.92 Å². The SMILES string of the molecule is Cc1ccc(-c2cc(C(F)(F)F)nn2-c2ccc(S(=O)(=O)NC(=O)OC[C@H](C)N(C)[N+]([O-])=NOC(C)N3C(=O)c4ccccc4C3=O)cc2)cc1.